The normalized spacial score (nSPS) is 18.5. The third-order valence-electron chi connectivity index (χ3n) is 4.82. The highest BCUT2D eigenvalue weighted by Crippen LogP contribution is 2.22. The van der Waals surface area contributed by atoms with E-state index in [2.05, 4.69) is 10.6 Å². The van der Waals surface area contributed by atoms with E-state index in [1.54, 1.807) is 24.3 Å². The molecule has 0 unspecified atom stereocenters. The van der Waals surface area contributed by atoms with Gasteiger partial charge in [0.15, 0.2) is 6.61 Å². The van der Waals surface area contributed by atoms with Crippen LogP contribution >= 0.6 is 35.0 Å². The molecule has 5 nitrogen and oxygen atoms in total. The lowest BCUT2D eigenvalue weighted by Crippen LogP contribution is -2.45. The summed E-state index contributed by atoms with van der Waals surface area (Å²) in [5, 5.41) is 7.41. The summed E-state index contributed by atoms with van der Waals surface area (Å²) in [5.74, 6) is 0.869. The number of ether oxygens (including phenoxy) is 1. The second kappa shape index (κ2) is 11.5. The van der Waals surface area contributed by atoms with Crippen molar-refractivity contribution in [3.63, 3.8) is 0 Å². The van der Waals surface area contributed by atoms with Crippen LogP contribution in [0.2, 0.25) is 10.0 Å². The molecule has 1 fully saturated rings. The summed E-state index contributed by atoms with van der Waals surface area (Å²) in [6.45, 7) is -0.0276. The van der Waals surface area contributed by atoms with Crippen LogP contribution in [0.25, 0.3) is 0 Å². The van der Waals surface area contributed by atoms with Crippen LogP contribution < -0.4 is 15.4 Å². The molecule has 1 aliphatic carbocycles. The van der Waals surface area contributed by atoms with E-state index in [0.29, 0.717) is 21.5 Å². The van der Waals surface area contributed by atoms with Crippen LogP contribution in [0.1, 0.15) is 25.7 Å². The summed E-state index contributed by atoms with van der Waals surface area (Å²) in [6, 6.07) is 14.6. The highest BCUT2D eigenvalue weighted by Gasteiger charge is 2.23. The summed E-state index contributed by atoms with van der Waals surface area (Å²) in [7, 11) is 0. The molecule has 2 amide bonds. The van der Waals surface area contributed by atoms with Crippen LogP contribution in [-0.4, -0.2) is 36.3 Å². The molecule has 3 rings (SSSR count). The highest BCUT2D eigenvalue weighted by atomic mass is 35.5. The monoisotopic (exact) mass is 466 g/mol. The van der Waals surface area contributed by atoms with Gasteiger partial charge in [-0.15, -0.1) is 11.8 Å². The lowest BCUT2D eigenvalue weighted by Gasteiger charge is -2.29. The molecule has 0 radical (unpaired) electrons. The molecule has 0 aromatic heterocycles. The molecule has 30 heavy (non-hydrogen) atoms. The first kappa shape index (κ1) is 22.8. The van der Waals surface area contributed by atoms with Crippen LogP contribution in [-0.2, 0) is 9.59 Å². The first-order valence-electron chi connectivity index (χ1n) is 9.83. The first-order chi connectivity index (χ1) is 14.5. The number of amides is 2. The fraction of sp³-hybridized carbons (Fsp3) is 0.364. The standard InChI is InChI=1S/C22H24Cl2N2O3S/c23-15-1-9-19(10-2-15)29-13-21(27)25-17-5-7-18(8-6-17)26-22(28)14-30-20-11-3-16(24)4-12-20/h1-4,9-12,17-18H,5-8,13-14H2,(H,25,27)(H,26,28)/t17-,18-. The maximum absolute atomic E-state index is 12.2. The van der Waals surface area contributed by atoms with E-state index >= 15 is 0 Å². The molecule has 0 atom stereocenters. The van der Waals surface area contributed by atoms with Gasteiger partial charge in [-0.1, -0.05) is 23.2 Å². The quantitative estimate of drug-likeness (QED) is 0.552. The Morgan fingerprint density at radius 2 is 1.33 bits per heavy atom. The van der Waals surface area contributed by atoms with Crippen LogP contribution in [0, 0.1) is 0 Å². The number of benzene rings is 2. The zero-order valence-corrected chi connectivity index (χ0v) is 18.7. The summed E-state index contributed by atoms with van der Waals surface area (Å²) >= 11 is 13.2. The fourth-order valence-electron chi connectivity index (χ4n) is 3.28. The minimum Gasteiger partial charge on any atom is -0.484 e. The van der Waals surface area contributed by atoms with E-state index in [0.717, 1.165) is 30.6 Å². The predicted octanol–water partition coefficient (Wildman–Crippen LogP) is 4.71. The molecular weight excluding hydrogens is 443 g/mol. The van der Waals surface area contributed by atoms with Gasteiger partial charge in [-0.05, 0) is 74.2 Å². The fourth-order valence-corrected chi connectivity index (χ4v) is 4.24. The Bertz CT molecular complexity index is 767. The maximum atomic E-state index is 12.2. The van der Waals surface area contributed by atoms with Gasteiger partial charge in [-0.2, -0.15) is 0 Å². The summed E-state index contributed by atoms with van der Waals surface area (Å²) in [5.41, 5.74) is 0. The molecular formula is C22H24Cl2N2O3S. The molecule has 2 N–H and O–H groups in total. The minimum absolute atomic E-state index is 0.0267. The SMILES string of the molecule is O=C(COc1ccc(Cl)cc1)N[C@H]1CC[C@H](NC(=O)CSc2ccc(Cl)cc2)CC1. The molecule has 2 aromatic rings. The second-order valence-corrected chi connectivity index (χ2v) is 9.09. The number of carbonyl (C=O) groups is 2. The molecule has 0 saturated heterocycles. The third-order valence-corrected chi connectivity index (χ3v) is 6.34. The van der Waals surface area contributed by atoms with Crippen molar-refractivity contribution in [3.8, 4) is 5.75 Å². The molecule has 0 spiro atoms. The minimum atomic E-state index is -0.142. The molecule has 0 heterocycles. The van der Waals surface area contributed by atoms with Gasteiger partial charge in [0.25, 0.3) is 5.91 Å². The van der Waals surface area contributed by atoms with Crippen LogP contribution in [0.3, 0.4) is 0 Å². The van der Waals surface area contributed by atoms with E-state index < -0.39 is 0 Å². The third kappa shape index (κ3) is 7.74. The Labute approximate surface area is 190 Å². The lowest BCUT2D eigenvalue weighted by atomic mass is 9.91. The smallest absolute Gasteiger partial charge is 0.258 e. The van der Waals surface area contributed by atoms with Crippen molar-refractivity contribution >= 4 is 46.8 Å². The Morgan fingerprint density at radius 1 is 0.833 bits per heavy atom. The zero-order chi connectivity index (χ0) is 21.3. The molecule has 0 bridgehead atoms. The molecule has 0 aliphatic heterocycles. The van der Waals surface area contributed by atoms with Crippen molar-refractivity contribution in [2.45, 2.75) is 42.7 Å². The lowest BCUT2D eigenvalue weighted by molar-refractivity contribution is -0.124. The van der Waals surface area contributed by atoms with Gasteiger partial charge in [-0.3, -0.25) is 9.59 Å². The van der Waals surface area contributed by atoms with E-state index in [1.165, 1.54) is 11.8 Å². The number of rotatable bonds is 8. The highest BCUT2D eigenvalue weighted by molar-refractivity contribution is 8.00. The van der Waals surface area contributed by atoms with Crippen LogP contribution in [0.5, 0.6) is 5.75 Å². The van der Waals surface area contributed by atoms with Crippen molar-refractivity contribution in [1.82, 2.24) is 10.6 Å². The van der Waals surface area contributed by atoms with Crippen molar-refractivity contribution in [2.24, 2.45) is 0 Å². The van der Waals surface area contributed by atoms with Crippen molar-refractivity contribution < 1.29 is 14.3 Å². The van der Waals surface area contributed by atoms with E-state index in [9.17, 15) is 9.59 Å². The van der Waals surface area contributed by atoms with E-state index in [4.69, 9.17) is 27.9 Å². The number of hydrogen-bond donors (Lipinski definition) is 2. The number of thioether (sulfide) groups is 1. The van der Waals surface area contributed by atoms with Crippen LogP contribution in [0.4, 0.5) is 0 Å². The molecule has 2 aromatic carbocycles. The predicted molar refractivity (Wildman–Crippen MR) is 121 cm³/mol. The Kier molecular flexibility index (Phi) is 8.73. The molecule has 8 heteroatoms. The van der Waals surface area contributed by atoms with E-state index in [-0.39, 0.29) is 30.5 Å². The number of hydrogen-bond acceptors (Lipinski definition) is 4. The van der Waals surface area contributed by atoms with Crippen molar-refractivity contribution in [2.75, 3.05) is 12.4 Å². The molecule has 1 aliphatic rings. The maximum Gasteiger partial charge on any atom is 0.258 e. The summed E-state index contributed by atoms with van der Waals surface area (Å²) < 4.78 is 5.47. The van der Waals surface area contributed by atoms with Gasteiger partial charge < -0.3 is 15.4 Å². The Balaban J connectivity index is 1.31. The molecule has 1 saturated carbocycles. The van der Waals surface area contributed by atoms with Crippen LogP contribution in [0.15, 0.2) is 53.4 Å². The van der Waals surface area contributed by atoms with E-state index in [1.807, 2.05) is 24.3 Å². The number of nitrogens with one attached hydrogen (secondary N) is 2. The van der Waals surface area contributed by atoms with Gasteiger partial charge in [0, 0.05) is 27.0 Å². The Morgan fingerprint density at radius 3 is 1.90 bits per heavy atom. The van der Waals surface area contributed by atoms with Gasteiger partial charge >= 0.3 is 0 Å². The first-order valence-corrected chi connectivity index (χ1v) is 11.6. The average Bonchev–Trinajstić information content (AvgIpc) is 2.74. The average molecular weight is 467 g/mol. The van der Waals surface area contributed by atoms with Crippen molar-refractivity contribution in [3.05, 3.63) is 58.6 Å². The number of halogens is 2. The summed E-state index contributed by atoms with van der Waals surface area (Å²) in [4.78, 5) is 25.3. The van der Waals surface area contributed by atoms with Gasteiger partial charge in [0.05, 0.1) is 5.75 Å². The summed E-state index contributed by atoms with van der Waals surface area (Å²) in [6.07, 6.45) is 3.37. The van der Waals surface area contributed by atoms with Gasteiger partial charge in [0.1, 0.15) is 5.75 Å². The second-order valence-electron chi connectivity index (χ2n) is 7.17. The largest absolute Gasteiger partial charge is 0.484 e. The zero-order valence-electron chi connectivity index (χ0n) is 16.4. The topological polar surface area (TPSA) is 67.4 Å². The van der Waals surface area contributed by atoms with Gasteiger partial charge in [0.2, 0.25) is 5.91 Å². The van der Waals surface area contributed by atoms with Crippen molar-refractivity contribution in [1.29, 1.82) is 0 Å². The van der Waals surface area contributed by atoms with Gasteiger partial charge in [-0.25, -0.2) is 0 Å². The number of carbonyl (C=O) groups excluding carboxylic acids is 2. The Hall–Kier alpha value is -1.89. The molecule has 160 valence electrons.